The van der Waals surface area contributed by atoms with Crippen LogP contribution in [0.15, 0.2) is 168 Å². The summed E-state index contributed by atoms with van der Waals surface area (Å²) in [7, 11) is 0. The molecule has 0 fully saturated rings. The molecule has 0 unspecified atom stereocenters. The smallest absolute Gasteiger partial charge is 0.0607 e. The molecule has 9 rings (SSSR count). The standard InChI is InChI=1S/C42H27NS/c1-27-41-36-19-11-21-40(41)44-39-25-23-30(32-24-22-28-12-5-6-15-31(28)42(32)29-13-3-2-4-14-29)26-38(39)43(27)37-20-10-9-18-35(37)33-16-7-8-17-34(33)36/h2-26H,1H2. The Labute approximate surface area is 261 Å². The highest BCUT2D eigenvalue weighted by molar-refractivity contribution is 7.99. The van der Waals surface area contributed by atoms with Gasteiger partial charge in [-0.25, -0.2) is 0 Å². The van der Waals surface area contributed by atoms with Crippen LogP contribution in [-0.4, -0.2) is 0 Å². The minimum absolute atomic E-state index is 1.00. The Hall–Kier alpha value is -5.31. The molecule has 2 heteroatoms. The molecule has 1 nitrogen and oxygen atoms in total. The minimum Gasteiger partial charge on any atom is -0.309 e. The van der Waals surface area contributed by atoms with Crippen LogP contribution < -0.4 is 4.90 Å². The third kappa shape index (κ3) is 3.75. The lowest BCUT2D eigenvalue weighted by molar-refractivity contribution is 1.24. The van der Waals surface area contributed by atoms with Crippen molar-refractivity contribution in [1.82, 2.24) is 0 Å². The fraction of sp³-hybridized carbons (Fsp3) is 0. The van der Waals surface area contributed by atoms with Crippen LogP contribution in [0.3, 0.4) is 0 Å². The van der Waals surface area contributed by atoms with Gasteiger partial charge in [-0.1, -0.05) is 146 Å². The number of benzene rings is 7. The van der Waals surface area contributed by atoms with E-state index in [0.29, 0.717) is 0 Å². The van der Waals surface area contributed by atoms with Crippen molar-refractivity contribution >= 4 is 39.6 Å². The predicted molar refractivity (Wildman–Crippen MR) is 187 cm³/mol. The molecular formula is C42H27NS. The zero-order chi connectivity index (χ0) is 29.2. The van der Waals surface area contributed by atoms with E-state index in [1.807, 2.05) is 11.8 Å². The lowest BCUT2D eigenvalue weighted by Gasteiger charge is -2.33. The van der Waals surface area contributed by atoms with Crippen LogP contribution in [0.2, 0.25) is 0 Å². The molecule has 206 valence electrons. The molecule has 0 atom stereocenters. The number of fused-ring (bicyclic) bond motifs is 9. The van der Waals surface area contributed by atoms with E-state index >= 15 is 0 Å². The molecule has 0 saturated carbocycles. The van der Waals surface area contributed by atoms with Crippen molar-refractivity contribution in [2.45, 2.75) is 9.79 Å². The molecular weight excluding hydrogens is 551 g/mol. The second-order valence-electron chi connectivity index (χ2n) is 11.4. The van der Waals surface area contributed by atoms with Crippen molar-refractivity contribution < 1.29 is 0 Å². The summed E-state index contributed by atoms with van der Waals surface area (Å²) in [5.74, 6) is 0. The average Bonchev–Trinajstić information content (AvgIpc) is 3.21. The van der Waals surface area contributed by atoms with E-state index in [9.17, 15) is 0 Å². The molecule has 0 radical (unpaired) electrons. The zero-order valence-electron chi connectivity index (χ0n) is 24.0. The normalized spacial score (nSPS) is 12.9. The summed E-state index contributed by atoms with van der Waals surface area (Å²) >= 11 is 1.84. The van der Waals surface area contributed by atoms with Crippen LogP contribution in [0, 0.1) is 0 Å². The van der Waals surface area contributed by atoms with Crippen molar-refractivity contribution in [2.24, 2.45) is 0 Å². The summed E-state index contributed by atoms with van der Waals surface area (Å²) in [6.45, 7) is 4.80. The fourth-order valence-electron chi connectivity index (χ4n) is 7.01. The van der Waals surface area contributed by atoms with Crippen LogP contribution in [0.1, 0.15) is 5.56 Å². The Bertz CT molecular complexity index is 2280. The maximum absolute atomic E-state index is 4.80. The van der Waals surface area contributed by atoms with Crippen LogP contribution in [0.25, 0.3) is 61.0 Å². The van der Waals surface area contributed by atoms with Crippen molar-refractivity contribution in [1.29, 1.82) is 0 Å². The Morgan fingerprint density at radius 1 is 0.432 bits per heavy atom. The van der Waals surface area contributed by atoms with Crippen LogP contribution in [-0.2, 0) is 0 Å². The van der Waals surface area contributed by atoms with Gasteiger partial charge in [-0.05, 0) is 74.0 Å². The van der Waals surface area contributed by atoms with Crippen LogP contribution in [0.5, 0.6) is 0 Å². The molecule has 2 bridgehead atoms. The van der Waals surface area contributed by atoms with Gasteiger partial charge in [0.25, 0.3) is 0 Å². The average molecular weight is 578 g/mol. The topological polar surface area (TPSA) is 3.24 Å². The van der Waals surface area contributed by atoms with Gasteiger partial charge in [0.2, 0.25) is 0 Å². The van der Waals surface area contributed by atoms with Gasteiger partial charge in [-0.2, -0.15) is 0 Å². The Kier molecular flexibility index (Phi) is 5.66. The maximum Gasteiger partial charge on any atom is 0.0607 e. The molecule has 44 heavy (non-hydrogen) atoms. The van der Waals surface area contributed by atoms with E-state index in [0.717, 1.165) is 17.1 Å². The van der Waals surface area contributed by atoms with Gasteiger partial charge in [-0.15, -0.1) is 0 Å². The van der Waals surface area contributed by atoms with Gasteiger partial charge in [0.05, 0.1) is 11.4 Å². The number of hydrogen-bond donors (Lipinski definition) is 0. The first-order valence-electron chi connectivity index (χ1n) is 15.0. The molecule has 0 aromatic heterocycles. The number of anilines is 2. The zero-order valence-corrected chi connectivity index (χ0v) is 24.8. The molecule has 2 heterocycles. The van der Waals surface area contributed by atoms with Gasteiger partial charge in [0, 0.05) is 26.6 Å². The van der Waals surface area contributed by atoms with E-state index in [1.54, 1.807) is 0 Å². The molecule has 2 aliphatic heterocycles. The predicted octanol–water partition coefficient (Wildman–Crippen LogP) is 12.1. The van der Waals surface area contributed by atoms with Crippen molar-refractivity contribution in [2.75, 3.05) is 4.90 Å². The molecule has 2 aliphatic rings. The molecule has 0 spiro atoms. The lowest BCUT2D eigenvalue weighted by Crippen LogP contribution is -2.17. The summed E-state index contributed by atoms with van der Waals surface area (Å²) in [5.41, 5.74) is 14.3. The third-order valence-corrected chi connectivity index (χ3v) is 10.1. The third-order valence-electron chi connectivity index (χ3n) is 8.96. The van der Waals surface area contributed by atoms with E-state index in [-0.39, 0.29) is 0 Å². The molecule has 0 aliphatic carbocycles. The molecule has 7 aromatic carbocycles. The monoisotopic (exact) mass is 577 g/mol. The second-order valence-corrected chi connectivity index (χ2v) is 12.5. The first-order chi connectivity index (χ1) is 21.8. The highest BCUT2D eigenvalue weighted by atomic mass is 32.2. The van der Waals surface area contributed by atoms with Crippen LogP contribution >= 0.6 is 11.8 Å². The second kappa shape index (κ2) is 9.87. The number of para-hydroxylation sites is 1. The summed E-state index contributed by atoms with van der Waals surface area (Å²) < 4.78 is 0. The van der Waals surface area contributed by atoms with Gasteiger partial charge < -0.3 is 4.90 Å². The van der Waals surface area contributed by atoms with Crippen molar-refractivity contribution in [3.05, 3.63) is 164 Å². The minimum atomic E-state index is 1.00. The Morgan fingerprint density at radius 3 is 2.00 bits per heavy atom. The highest BCUT2D eigenvalue weighted by Crippen LogP contribution is 2.55. The van der Waals surface area contributed by atoms with Gasteiger partial charge in [0.15, 0.2) is 0 Å². The van der Waals surface area contributed by atoms with E-state index in [2.05, 4.69) is 157 Å². The molecule has 7 aromatic rings. The van der Waals surface area contributed by atoms with E-state index in [1.165, 1.54) is 70.6 Å². The summed E-state index contributed by atoms with van der Waals surface area (Å²) in [5, 5.41) is 2.50. The summed E-state index contributed by atoms with van der Waals surface area (Å²) in [6.07, 6.45) is 0. The van der Waals surface area contributed by atoms with Crippen molar-refractivity contribution in [3.8, 4) is 44.5 Å². The maximum atomic E-state index is 4.80. The fourth-order valence-corrected chi connectivity index (χ4v) is 8.12. The Morgan fingerprint density at radius 2 is 1.14 bits per heavy atom. The first kappa shape index (κ1) is 25.2. The lowest BCUT2D eigenvalue weighted by atomic mass is 9.87. The summed E-state index contributed by atoms with van der Waals surface area (Å²) in [6, 6.07) is 55.2. The summed E-state index contributed by atoms with van der Waals surface area (Å²) in [4.78, 5) is 4.85. The van der Waals surface area contributed by atoms with Gasteiger partial charge >= 0.3 is 0 Å². The quantitative estimate of drug-likeness (QED) is 0.201. The number of hydrogen-bond acceptors (Lipinski definition) is 2. The molecule has 0 N–H and O–H groups in total. The molecule has 0 amide bonds. The van der Waals surface area contributed by atoms with E-state index in [4.69, 9.17) is 6.58 Å². The van der Waals surface area contributed by atoms with Crippen molar-refractivity contribution in [3.63, 3.8) is 0 Å². The van der Waals surface area contributed by atoms with Gasteiger partial charge in [0.1, 0.15) is 0 Å². The largest absolute Gasteiger partial charge is 0.309 e. The Balaban J connectivity index is 1.34. The van der Waals surface area contributed by atoms with Crippen LogP contribution in [0.4, 0.5) is 11.4 Å². The first-order valence-corrected chi connectivity index (χ1v) is 15.8. The van der Waals surface area contributed by atoms with E-state index < -0.39 is 0 Å². The molecule has 0 saturated heterocycles. The number of rotatable bonds is 2. The highest BCUT2D eigenvalue weighted by Gasteiger charge is 2.31. The number of nitrogens with zero attached hydrogens (tertiary/aromatic N) is 1. The SMILES string of the molecule is C=C1c2c3cccc2-c2ccccc2-c2ccccc2N1c1cc(-c2ccc4ccccc4c2-c2ccccc2)ccc1S3. The van der Waals surface area contributed by atoms with Gasteiger partial charge in [-0.3, -0.25) is 0 Å².